The first kappa shape index (κ1) is 19.8. The summed E-state index contributed by atoms with van der Waals surface area (Å²) in [4.78, 5) is 18.8. The number of aryl methyl sites for hydroxylation is 1. The van der Waals surface area contributed by atoms with Crippen LogP contribution in [0.2, 0.25) is 0 Å². The number of nitrogens with one attached hydrogen (secondary N) is 1. The number of carbonyl (C=O) groups excluding carboxylic acids is 1. The molecule has 1 aliphatic heterocycles. The molecule has 2 N–H and O–H groups in total. The van der Waals surface area contributed by atoms with Crippen molar-refractivity contribution in [2.24, 2.45) is 0 Å². The number of nitrogens with zero attached hydrogens (tertiary/aromatic N) is 1. The zero-order valence-electron chi connectivity index (χ0n) is 15.1. The number of aliphatic hydroxyl groups is 1. The van der Waals surface area contributed by atoms with Crippen LogP contribution < -0.4 is 5.32 Å². The lowest BCUT2D eigenvalue weighted by Gasteiger charge is -2.42. The van der Waals surface area contributed by atoms with E-state index in [2.05, 4.69) is 26.2 Å². The number of benzene rings is 1. The summed E-state index contributed by atoms with van der Waals surface area (Å²) < 4.78 is 0.694. The summed E-state index contributed by atoms with van der Waals surface area (Å²) in [7, 11) is 0. The van der Waals surface area contributed by atoms with Crippen LogP contribution in [0.4, 0.5) is 0 Å². The monoisotopic (exact) mass is 474 g/mol. The molecule has 3 heterocycles. The lowest BCUT2D eigenvalue weighted by atomic mass is 9.79. The van der Waals surface area contributed by atoms with Gasteiger partial charge in [0.15, 0.2) is 5.78 Å². The fourth-order valence-corrected chi connectivity index (χ4v) is 5.69. The second kappa shape index (κ2) is 8.08. The maximum Gasteiger partial charge on any atom is 0.152 e. The van der Waals surface area contributed by atoms with Crippen molar-refractivity contribution < 1.29 is 9.90 Å². The van der Waals surface area contributed by atoms with E-state index >= 15 is 0 Å². The molecule has 1 aromatic carbocycles. The molecule has 0 bridgehead atoms. The minimum Gasteiger partial charge on any atom is -0.377 e. The van der Waals surface area contributed by atoms with E-state index in [0.717, 1.165) is 16.0 Å². The molecule has 0 aliphatic carbocycles. The van der Waals surface area contributed by atoms with Crippen molar-refractivity contribution in [3.05, 3.63) is 80.7 Å². The lowest BCUT2D eigenvalue weighted by molar-refractivity contribution is -0.125. The van der Waals surface area contributed by atoms with Gasteiger partial charge in [-0.15, -0.1) is 11.8 Å². The van der Waals surface area contributed by atoms with Crippen LogP contribution in [0.25, 0.3) is 0 Å². The molecule has 0 amide bonds. The van der Waals surface area contributed by atoms with Crippen molar-refractivity contribution in [2.75, 3.05) is 0 Å². The van der Waals surface area contributed by atoms with Crippen LogP contribution in [0.5, 0.6) is 0 Å². The lowest BCUT2D eigenvalue weighted by Crippen LogP contribution is -2.60. The van der Waals surface area contributed by atoms with Crippen LogP contribution in [0.3, 0.4) is 0 Å². The number of Topliss-reactive ketones (excluding diaryl/α,β-unsaturated/α-hetero) is 1. The summed E-state index contributed by atoms with van der Waals surface area (Å²) >= 11 is 6.40. The Morgan fingerprint density at radius 1 is 1.25 bits per heavy atom. The standard InChI is InChI=1S/C21H19BrN2O2S2/c1-13-5-2-3-6-16(13)28-19-15(25)11-21(24-20(19)26,14-9-10-27-12-14)17-7-4-8-18(22)23-17/h2-10,12,19-20,24,26H,11H2,1H3. The number of hydrogen-bond acceptors (Lipinski definition) is 6. The van der Waals surface area contributed by atoms with Crippen molar-refractivity contribution in [3.63, 3.8) is 0 Å². The Kier molecular flexibility index (Phi) is 5.71. The van der Waals surface area contributed by atoms with Gasteiger partial charge in [0.2, 0.25) is 0 Å². The van der Waals surface area contributed by atoms with Crippen LogP contribution in [-0.2, 0) is 10.3 Å². The first-order chi connectivity index (χ1) is 13.5. The molecular weight excluding hydrogens is 456 g/mol. The van der Waals surface area contributed by atoms with Gasteiger partial charge in [0, 0.05) is 11.3 Å². The van der Waals surface area contributed by atoms with E-state index in [1.807, 2.05) is 66.2 Å². The fraction of sp³-hybridized carbons (Fsp3) is 0.238. The van der Waals surface area contributed by atoms with Gasteiger partial charge in [-0.05, 0) is 69.0 Å². The van der Waals surface area contributed by atoms with Gasteiger partial charge in [0.1, 0.15) is 16.1 Å². The molecule has 7 heteroatoms. The first-order valence-corrected chi connectivity index (χ1v) is 11.5. The first-order valence-electron chi connectivity index (χ1n) is 8.86. The molecule has 1 aliphatic rings. The van der Waals surface area contributed by atoms with Crippen LogP contribution in [0.15, 0.2) is 68.8 Å². The number of aliphatic hydroxyl groups excluding tert-OH is 1. The number of rotatable bonds is 4. The van der Waals surface area contributed by atoms with Crippen LogP contribution in [0.1, 0.15) is 23.2 Å². The van der Waals surface area contributed by atoms with Gasteiger partial charge in [-0.25, -0.2) is 4.98 Å². The highest BCUT2D eigenvalue weighted by Gasteiger charge is 2.48. The number of carbonyl (C=O) groups is 1. The number of halogens is 1. The largest absolute Gasteiger partial charge is 0.377 e. The van der Waals surface area contributed by atoms with Gasteiger partial charge >= 0.3 is 0 Å². The molecular formula is C21H19BrN2O2S2. The molecule has 28 heavy (non-hydrogen) atoms. The van der Waals surface area contributed by atoms with Gasteiger partial charge in [-0.3, -0.25) is 10.1 Å². The molecule has 1 saturated heterocycles. The number of thiophene rings is 1. The molecule has 4 nitrogen and oxygen atoms in total. The summed E-state index contributed by atoms with van der Waals surface area (Å²) in [5.41, 5.74) is 1.90. The topological polar surface area (TPSA) is 62.2 Å². The van der Waals surface area contributed by atoms with Gasteiger partial charge in [-0.1, -0.05) is 24.3 Å². The normalized spacial score (nSPS) is 25.0. The minimum absolute atomic E-state index is 0.00692. The van der Waals surface area contributed by atoms with Gasteiger partial charge in [0.25, 0.3) is 0 Å². The maximum absolute atomic E-state index is 13.2. The second-order valence-electron chi connectivity index (χ2n) is 6.80. The Labute approximate surface area is 180 Å². The van der Waals surface area contributed by atoms with Crippen molar-refractivity contribution in [3.8, 4) is 0 Å². The van der Waals surface area contributed by atoms with E-state index in [0.29, 0.717) is 10.3 Å². The van der Waals surface area contributed by atoms with Gasteiger partial charge in [-0.2, -0.15) is 11.3 Å². The third-order valence-electron chi connectivity index (χ3n) is 4.95. The van der Waals surface area contributed by atoms with E-state index in [9.17, 15) is 9.90 Å². The summed E-state index contributed by atoms with van der Waals surface area (Å²) in [5, 5.41) is 17.7. The number of ketones is 1. The Morgan fingerprint density at radius 2 is 2.07 bits per heavy atom. The van der Waals surface area contributed by atoms with Gasteiger partial charge < -0.3 is 5.11 Å². The summed E-state index contributed by atoms with van der Waals surface area (Å²) in [6.45, 7) is 2.01. The Morgan fingerprint density at radius 3 is 2.75 bits per heavy atom. The predicted molar refractivity (Wildman–Crippen MR) is 117 cm³/mol. The highest BCUT2D eigenvalue weighted by molar-refractivity contribution is 9.10. The summed E-state index contributed by atoms with van der Waals surface area (Å²) in [6.07, 6.45) is -0.764. The molecule has 0 radical (unpaired) electrons. The zero-order chi connectivity index (χ0) is 19.7. The predicted octanol–water partition coefficient (Wildman–Crippen LogP) is 4.50. The average Bonchev–Trinajstić information content (AvgIpc) is 3.21. The Hall–Kier alpha value is -1.51. The Bertz CT molecular complexity index is 996. The van der Waals surface area contributed by atoms with E-state index in [-0.39, 0.29) is 12.2 Å². The van der Waals surface area contributed by atoms with E-state index in [1.165, 1.54) is 11.8 Å². The maximum atomic E-state index is 13.2. The fourth-order valence-electron chi connectivity index (χ4n) is 3.52. The molecule has 3 unspecified atom stereocenters. The van der Waals surface area contributed by atoms with E-state index < -0.39 is 17.0 Å². The minimum atomic E-state index is -0.994. The second-order valence-corrected chi connectivity index (χ2v) is 9.58. The molecule has 0 saturated carbocycles. The highest BCUT2D eigenvalue weighted by Crippen LogP contribution is 2.41. The van der Waals surface area contributed by atoms with Crippen molar-refractivity contribution in [1.29, 1.82) is 0 Å². The highest BCUT2D eigenvalue weighted by atomic mass is 79.9. The number of pyridine rings is 1. The number of aromatic nitrogens is 1. The molecule has 3 atom stereocenters. The molecule has 3 aromatic rings. The van der Waals surface area contributed by atoms with Crippen molar-refractivity contribution >= 4 is 44.8 Å². The molecule has 1 fully saturated rings. The summed E-state index contributed by atoms with van der Waals surface area (Å²) in [6, 6.07) is 15.5. The Balaban J connectivity index is 1.70. The van der Waals surface area contributed by atoms with Crippen LogP contribution in [0, 0.1) is 6.92 Å². The van der Waals surface area contributed by atoms with Gasteiger partial charge in [0.05, 0.1) is 11.2 Å². The van der Waals surface area contributed by atoms with Crippen molar-refractivity contribution in [2.45, 2.75) is 35.3 Å². The zero-order valence-corrected chi connectivity index (χ0v) is 18.4. The van der Waals surface area contributed by atoms with E-state index in [1.54, 1.807) is 11.3 Å². The molecule has 4 rings (SSSR count). The molecule has 144 valence electrons. The molecule has 0 spiro atoms. The SMILES string of the molecule is Cc1ccccc1SC1C(=O)CC(c2ccsc2)(c2cccc(Br)n2)NC1O. The van der Waals surface area contributed by atoms with Crippen LogP contribution in [-0.4, -0.2) is 27.4 Å². The number of thioether (sulfide) groups is 1. The third-order valence-corrected chi connectivity index (χ3v) is 7.56. The smallest absolute Gasteiger partial charge is 0.152 e. The summed E-state index contributed by atoms with van der Waals surface area (Å²) in [5.74, 6) is 0.00692. The van der Waals surface area contributed by atoms with E-state index in [4.69, 9.17) is 0 Å². The number of hydrogen-bond donors (Lipinski definition) is 2. The van der Waals surface area contributed by atoms with Crippen molar-refractivity contribution in [1.82, 2.24) is 10.3 Å². The average molecular weight is 475 g/mol. The number of piperidine rings is 1. The van der Waals surface area contributed by atoms with Crippen LogP contribution >= 0.6 is 39.0 Å². The molecule has 2 aromatic heterocycles. The third kappa shape index (κ3) is 3.69. The quantitative estimate of drug-likeness (QED) is 0.545.